The van der Waals surface area contributed by atoms with Crippen molar-refractivity contribution < 1.29 is 4.79 Å². The normalized spacial score (nSPS) is 12.0. The fraction of sp³-hybridized carbons (Fsp3) is 0.150. The van der Waals surface area contributed by atoms with Crippen LogP contribution in [0.2, 0.25) is 0 Å². The highest BCUT2D eigenvalue weighted by atomic mass is 16.1. The number of carbonyl (C=O) groups excluding carboxylic acids is 1. The van der Waals surface area contributed by atoms with E-state index in [4.69, 9.17) is 14.9 Å². The first-order valence-electron chi connectivity index (χ1n) is 16.1. The molecule has 0 aliphatic rings. The predicted molar refractivity (Wildman–Crippen MR) is 197 cm³/mol. The van der Waals surface area contributed by atoms with Gasteiger partial charge in [0.05, 0.1) is 11.6 Å². The Bertz CT molecular complexity index is 2140. The molecule has 0 spiro atoms. The molecule has 8 nitrogen and oxygen atoms in total. The number of nitrogens with one attached hydrogen (secondary N) is 2. The average molecular weight is 634 g/mol. The Hall–Kier alpha value is -6.02. The molecule has 0 unspecified atom stereocenters. The van der Waals surface area contributed by atoms with Crippen LogP contribution >= 0.6 is 0 Å². The summed E-state index contributed by atoms with van der Waals surface area (Å²) in [6.45, 7) is 5.32. The minimum absolute atomic E-state index is 0.126. The summed E-state index contributed by atoms with van der Waals surface area (Å²) in [5.74, 6) is 0.750. The summed E-state index contributed by atoms with van der Waals surface area (Å²) in [6.07, 6.45) is 9.00. The number of H-pyrrole nitrogens is 2. The number of amides is 1. The van der Waals surface area contributed by atoms with Gasteiger partial charge in [-0.05, 0) is 71.0 Å². The van der Waals surface area contributed by atoms with Gasteiger partial charge in [-0.3, -0.25) is 9.78 Å². The molecule has 0 aliphatic heterocycles. The molecule has 0 radical (unpaired) electrons. The number of aromatic nitrogens is 3. The zero-order valence-corrected chi connectivity index (χ0v) is 26.8. The average Bonchev–Trinajstić information content (AvgIpc) is 3.74. The van der Waals surface area contributed by atoms with Crippen LogP contribution in [0, 0.1) is 0 Å². The molecular weight excluding hydrogens is 594 g/mol. The summed E-state index contributed by atoms with van der Waals surface area (Å²) < 4.78 is 0. The molecule has 0 bridgehead atoms. The lowest BCUT2D eigenvalue weighted by molar-refractivity contribution is -0.106. The van der Waals surface area contributed by atoms with Gasteiger partial charge in [-0.2, -0.15) is 5.10 Å². The number of amidine groups is 1. The molecule has 8 heteroatoms. The molecular formula is C40H39N7O. The Labute approximate surface area is 280 Å². The number of aromatic amines is 2. The van der Waals surface area contributed by atoms with Gasteiger partial charge < -0.3 is 20.6 Å². The van der Waals surface area contributed by atoms with Crippen LogP contribution in [0.4, 0.5) is 0 Å². The molecule has 0 aliphatic carbocycles. The molecule has 4 aromatic carbocycles. The maximum atomic E-state index is 8.58. The molecule has 7 aromatic rings. The first-order chi connectivity index (χ1) is 23.7. The van der Waals surface area contributed by atoms with Gasteiger partial charge in [0.1, 0.15) is 5.84 Å². The third-order valence-corrected chi connectivity index (χ3v) is 8.74. The number of nitrogens with zero attached hydrogens (tertiary/aromatic N) is 4. The fourth-order valence-corrected chi connectivity index (χ4v) is 6.57. The number of hydrogen-bond acceptors (Lipinski definition) is 4. The third-order valence-electron chi connectivity index (χ3n) is 8.74. The van der Waals surface area contributed by atoms with Crippen LogP contribution in [0.3, 0.4) is 0 Å². The summed E-state index contributed by atoms with van der Waals surface area (Å²) >= 11 is 0. The Morgan fingerprint density at radius 3 is 2.12 bits per heavy atom. The highest BCUT2D eigenvalue weighted by Crippen LogP contribution is 2.30. The number of hydrogen-bond donors (Lipinski definition) is 3. The van der Waals surface area contributed by atoms with Crippen LogP contribution in [0.25, 0.3) is 32.6 Å². The number of para-hydroxylation sites is 2. The standard InChI is InChI=1S/C39H36N6.CH3NO/c1-40-44-39(35(38-21-8-9-22-41-38)24-31-26-43-37-20-7-5-18-34(31)37)45(27-30-14-10-13-28-12-2-3-16-32(28)30)23-11-15-29-25-42-36-19-6-4-17-33(29)36;2-1-3/h2-10,12-14,16-22,25-26,35,42-43H,1,11,15,23-24,27H2;1H,(H2,2,3)/b44-39-;/t35-;/m0./s1. The summed E-state index contributed by atoms with van der Waals surface area (Å²) in [4.78, 5) is 22.7. The number of rotatable bonds is 11. The minimum atomic E-state index is -0.126. The number of pyridine rings is 1. The summed E-state index contributed by atoms with van der Waals surface area (Å²) in [7, 11) is 0. The monoisotopic (exact) mass is 633 g/mol. The Morgan fingerprint density at radius 2 is 1.42 bits per heavy atom. The SMILES string of the molecule is C=N/N=C(/[C@@H](Cc1c[nH]c2ccccc12)c1ccccn1)N(CCCc1c[nH]c2ccccc12)Cc1cccc2ccccc12.NC=O. The molecule has 1 atom stereocenters. The maximum absolute atomic E-state index is 8.58. The molecule has 1 amide bonds. The van der Waals surface area contributed by atoms with E-state index in [2.05, 4.69) is 148 Å². The number of aryl methyl sites for hydroxylation is 1. The smallest absolute Gasteiger partial charge is 0.204 e. The number of carbonyl (C=O) groups is 1. The van der Waals surface area contributed by atoms with E-state index in [0.29, 0.717) is 6.54 Å². The third kappa shape index (κ3) is 7.18. The lowest BCUT2D eigenvalue weighted by Gasteiger charge is -2.31. The van der Waals surface area contributed by atoms with Crippen LogP contribution in [0.5, 0.6) is 0 Å². The van der Waals surface area contributed by atoms with E-state index < -0.39 is 0 Å². The van der Waals surface area contributed by atoms with Gasteiger partial charge in [-0.15, -0.1) is 5.10 Å². The van der Waals surface area contributed by atoms with Crippen LogP contribution in [0.15, 0.2) is 138 Å². The van der Waals surface area contributed by atoms with Crippen molar-refractivity contribution >= 4 is 51.5 Å². The van der Waals surface area contributed by atoms with E-state index in [1.54, 1.807) is 0 Å². The Kier molecular flexibility index (Phi) is 10.3. The molecule has 0 fully saturated rings. The molecule has 3 aromatic heterocycles. The largest absolute Gasteiger partial charge is 0.372 e. The van der Waals surface area contributed by atoms with Crippen LogP contribution in [0.1, 0.15) is 34.7 Å². The highest BCUT2D eigenvalue weighted by Gasteiger charge is 2.27. The van der Waals surface area contributed by atoms with E-state index in [1.807, 2.05) is 12.3 Å². The minimum Gasteiger partial charge on any atom is -0.372 e. The topological polar surface area (TPSA) is 116 Å². The Balaban J connectivity index is 0.00000129. The van der Waals surface area contributed by atoms with Crippen molar-refractivity contribution in [1.29, 1.82) is 0 Å². The number of nitrogens with two attached hydrogens (primary N) is 1. The predicted octanol–water partition coefficient (Wildman–Crippen LogP) is 7.77. The Morgan fingerprint density at radius 1 is 0.792 bits per heavy atom. The number of benzene rings is 4. The quantitative estimate of drug-likeness (QED) is 0.0585. The van der Waals surface area contributed by atoms with Crippen molar-refractivity contribution in [1.82, 2.24) is 19.9 Å². The van der Waals surface area contributed by atoms with E-state index in [9.17, 15) is 0 Å². The second-order valence-electron chi connectivity index (χ2n) is 11.6. The van der Waals surface area contributed by atoms with Crippen molar-refractivity contribution in [2.24, 2.45) is 15.9 Å². The van der Waals surface area contributed by atoms with E-state index in [-0.39, 0.29) is 12.3 Å². The number of fused-ring (bicyclic) bond motifs is 3. The van der Waals surface area contributed by atoms with Crippen LogP contribution in [-0.4, -0.2) is 45.4 Å². The van der Waals surface area contributed by atoms with Gasteiger partial charge in [0.25, 0.3) is 0 Å². The van der Waals surface area contributed by atoms with E-state index >= 15 is 0 Å². The first kappa shape index (κ1) is 31.9. The second-order valence-corrected chi connectivity index (χ2v) is 11.6. The van der Waals surface area contributed by atoms with Gasteiger partial charge in [0, 0.05) is 60.2 Å². The van der Waals surface area contributed by atoms with Gasteiger partial charge in [0.2, 0.25) is 6.41 Å². The molecule has 240 valence electrons. The van der Waals surface area contributed by atoms with Crippen molar-refractivity contribution in [3.05, 3.63) is 150 Å². The summed E-state index contributed by atoms with van der Waals surface area (Å²) in [6, 6.07) is 38.2. The molecule has 3 heterocycles. The van der Waals surface area contributed by atoms with Crippen molar-refractivity contribution in [2.45, 2.75) is 31.7 Å². The zero-order valence-electron chi connectivity index (χ0n) is 26.8. The second kappa shape index (κ2) is 15.5. The van der Waals surface area contributed by atoms with E-state index in [0.717, 1.165) is 42.9 Å². The van der Waals surface area contributed by atoms with E-state index in [1.165, 1.54) is 43.8 Å². The lowest BCUT2D eigenvalue weighted by Crippen LogP contribution is -2.37. The highest BCUT2D eigenvalue weighted by molar-refractivity contribution is 5.92. The fourth-order valence-electron chi connectivity index (χ4n) is 6.57. The van der Waals surface area contributed by atoms with Crippen molar-refractivity contribution in [3.8, 4) is 0 Å². The van der Waals surface area contributed by atoms with Gasteiger partial charge in [-0.25, -0.2) is 0 Å². The van der Waals surface area contributed by atoms with Crippen LogP contribution < -0.4 is 5.73 Å². The molecule has 0 saturated carbocycles. The van der Waals surface area contributed by atoms with Crippen molar-refractivity contribution in [3.63, 3.8) is 0 Å². The molecule has 7 rings (SSSR count). The number of primary amides is 1. The van der Waals surface area contributed by atoms with Gasteiger partial charge in [-0.1, -0.05) is 84.9 Å². The summed E-state index contributed by atoms with van der Waals surface area (Å²) in [5, 5.41) is 13.9. The molecule has 48 heavy (non-hydrogen) atoms. The van der Waals surface area contributed by atoms with Crippen LogP contribution in [-0.2, 0) is 24.2 Å². The van der Waals surface area contributed by atoms with Crippen molar-refractivity contribution in [2.75, 3.05) is 6.54 Å². The lowest BCUT2D eigenvalue weighted by atomic mass is 9.92. The van der Waals surface area contributed by atoms with Gasteiger partial charge in [0.15, 0.2) is 0 Å². The maximum Gasteiger partial charge on any atom is 0.204 e. The zero-order chi connectivity index (χ0) is 33.1. The molecule has 4 N–H and O–H groups in total. The van der Waals surface area contributed by atoms with Gasteiger partial charge >= 0.3 is 0 Å². The first-order valence-corrected chi connectivity index (χ1v) is 16.1. The summed E-state index contributed by atoms with van der Waals surface area (Å²) in [5.41, 5.74) is 11.2. The molecule has 0 saturated heterocycles.